The molecule has 6 heteroatoms. The molecule has 114 valence electrons. The van der Waals surface area contributed by atoms with Crippen LogP contribution in [0.1, 0.15) is 18.2 Å². The van der Waals surface area contributed by atoms with E-state index in [4.69, 9.17) is 9.15 Å². The number of carbonyl (C=O) groups is 1. The Balaban J connectivity index is 2.27. The molecule has 2 rings (SSSR count). The van der Waals surface area contributed by atoms with Gasteiger partial charge in [0.1, 0.15) is 11.5 Å². The summed E-state index contributed by atoms with van der Waals surface area (Å²) in [4.78, 5) is 21.8. The first-order chi connectivity index (χ1) is 10.5. The third-order valence-corrected chi connectivity index (χ3v) is 3.06. The highest BCUT2D eigenvalue weighted by Gasteiger charge is 2.16. The van der Waals surface area contributed by atoms with Gasteiger partial charge in [0.05, 0.1) is 11.5 Å². The van der Waals surface area contributed by atoms with Gasteiger partial charge in [0.25, 0.3) is 5.69 Å². The zero-order chi connectivity index (χ0) is 16.1. The second-order valence-electron chi connectivity index (χ2n) is 4.49. The number of nitrogens with zero attached hydrogens (tertiary/aromatic N) is 1. The molecule has 0 N–H and O–H groups in total. The summed E-state index contributed by atoms with van der Waals surface area (Å²) < 4.78 is 10.4. The lowest BCUT2D eigenvalue weighted by molar-refractivity contribution is -0.385. The fourth-order valence-corrected chi connectivity index (χ4v) is 2.02. The smallest absolute Gasteiger partial charge is 0.330 e. The normalized spacial score (nSPS) is 10.8. The molecule has 0 saturated carbocycles. The first-order valence-electron chi connectivity index (χ1n) is 6.72. The van der Waals surface area contributed by atoms with Gasteiger partial charge in [0.2, 0.25) is 0 Å². The lowest BCUT2D eigenvalue weighted by atomic mass is 10.1. The summed E-state index contributed by atoms with van der Waals surface area (Å²) >= 11 is 0. The number of ether oxygens (including phenoxy) is 1. The average Bonchev–Trinajstić information content (AvgIpc) is 2.94. The summed E-state index contributed by atoms with van der Waals surface area (Å²) in [6.07, 6.45) is 2.76. The molecule has 1 aromatic heterocycles. The van der Waals surface area contributed by atoms with Gasteiger partial charge in [-0.2, -0.15) is 0 Å². The number of rotatable bonds is 5. The van der Waals surface area contributed by atoms with Crippen LogP contribution in [0.15, 0.2) is 40.8 Å². The second-order valence-corrected chi connectivity index (χ2v) is 4.49. The van der Waals surface area contributed by atoms with E-state index >= 15 is 0 Å². The van der Waals surface area contributed by atoms with Gasteiger partial charge in [-0.25, -0.2) is 4.79 Å². The van der Waals surface area contributed by atoms with Crippen molar-refractivity contribution in [2.24, 2.45) is 0 Å². The van der Waals surface area contributed by atoms with Gasteiger partial charge in [-0.1, -0.05) is 12.1 Å². The van der Waals surface area contributed by atoms with Crippen LogP contribution in [0.3, 0.4) is 0 Å². The molecule has 0 fully saturated rings. The van der Waals surface area contributed by atoms with E-state index in [0.29, 0.717) is 29.3 Å². The highest BCUT2D eigenvalue weighted by molar-refractivity contribution is 5.86. The molecule has 0 aliphatic carbocycles. The monoisotopic (exact) mass is 301 g/mol. The molecule has 0 bridgehead atoms. The molecule has 0 unspecified atom stereocenters. The number of furan rings is 1. The summed E-state index contributed by atoms with van der Waals surface area (Å²) in [5.41, 5.74) is 1.21. The number of hydrogen-bond donors (Lipinski definition) is 0. The van der Waals surface area contributed by atoms with Crippen LogP contribution in [0.25, 0.3) is 17.4 Å². The van der Waals surface area contributed by atoms with Crippen LogP contribution in [0.5, 0.6) is 0 Å². The molecule has 1 heterocycles. The standard InChI is InChI=1S/C16H15NO5/c1-3-21-16(18)10-8-12-7-9-15(22-12)13-5-4-6-14(11(13)2)17(19)20/h4-10H,3H2,1-2H3/b10-8+. The van der Waals surface area contributed by atoms with Crippen molar-refractivity contribution in [2.45, 2.75) is 13.8 Å². The topological polar surface area (TPSA) is 82.6 Å². The lowest BCUT2D eigenvalue weighted by Crippen LogP contribution is -1.98. The average molecular weight is 301 g/mol. The molecule has 0 radical (unpaired) electrons. The number of esters is 1. The molecule has 22 heavy (non-hydrogen) atoms. The fourth-order valence-electron chi connectivity index (χ4n) is 2.02. The van der Waals surface area contributed by atoms with Crippen LogP contribution in [0, 0.1) is 17.0 Å². The number of hydrogen-bond acceptors (Lipinski definition) is 5. The molecule has 0 aliphatic rings. The van der Waals surface area contributed by atoms with Crippen LogP contribution in [-0.2, 0) is 9.53 Å². The van der Waals surface area contributed by atoms with E-state index in [0.717, 1.165) is 0 Å². The van der Waals surface area contributed by atoms with Crippen molar-refractivity contribution in [3.63, 3.8) is 0 Å². The summed E-state index contributed by atoms with van der Waals surface area (Å²) in [6.45, 7) is 3.70. The largest absolute Gasteiger partial charge is 0.463 e. The number of benzene rings is 1. The highest BCUT2D eigenvalue weighted by Crippen LogP contribution is 2.31. The third-order valence-electron chi connectivity index (χ3n) is 3.06. The van der Waals surface area contributed by atoms with E-state index in [1.807, 2.05) is 0 Å². The van der Waals surface area contributed by atoms with Crippen molar-refractivity contribution in [1.29, 1.82) is 0 Å². The van der Waals surface area contributed by atoms with Gasteiger partial charge in [0.15, 0.2) is 0 Å². The predicted octanol–water partition coefficient (Wildman–Crippen LogP) is 3.74. The van der Waals surface area contributed by atoms with Gasteiger partial charge in [-0.05, 0) is 32.1 Å². The fraction of sp³-hybridized carbons (Fsp3) is 0.188. The van der Waals surface area contributed by atoms with Gasteiger partial charge in [-0.15, -0.1) is 0 Å². The van der Waals surface area contributed by atoms with Gasteiger partial charge < -0.3 is 9.15 Å². The van der Waals surface area contributed by atoms with Crippen LogP contribution in [0.4, 0.5) is 5.69 Å². The maximum atomic E-state index is 11.2. The van der Waals surface area contributed by atoms with E-state index in [2.05, 4.69) is 0 Å². The van der Waals surface area contributed by atoms with Crippen molar-refractivity contribution in [1.82, 2.24) is 0 Å². The van der Waals surface area contributed by atoms with Crippen LogP contribution < -0.4 is 0 Å². The molecule has 0 saturated heterocycles. The molecular formula is C16H15NO5. The summed E-state index contributed by atoms with van der Waals surface area (Å²) in [5, 5.41) is 11.0. The summed E-state index contributed by atoms with van der Waals surface area (Å²) in [7, 11) is 0. The predicted molar refractivity (Wildman–Crippen MR) is 81.2 cm³/mol. The zero-order valence-corrected chi connectivity index (χ0v) is 12.2. The van der Waals surface area contributed by atoms with E-state index < -0.39 is 10.9 Å². The van der Waals surface area contributed by atoms with Crippen molar-refractivity contribution in [3.8, 4) is 11.3 Å². The maximum Gasteiger partial charge on any atom is 0.330 e. The SMILES string of the molecule is CCOC(=O)/C=C/c1ccc(-c2cccc([N+](=O)[O-])c2C)o1. The van der Waals surface area contributed by atoms with E-state index in [-0.39, 0.29) is 5.69 Å². The number of carbonyl (C=O) groups excluding carboxylic acids is 1. The first kappa shape index (κ1) is 15.5. The van der Waals surface area contributed by atoms with Crippen molar-refractivity contribution < 1.29 is 18.9 Å². The Morgan fingerprint density at radius 1 is 1.36 bits per heavy atom. The quantitative estimate of drug-likeness (QED) is 0.363. The molecule has 1 aromatic carbocycles. The minimum atomic E-state index is -0.452. The van der Waals surface area contributed by atoms with E-state index in [1.54, 1.807) is 38.1 Å². The van der Waals surface area contributed by atoms with Crippen molar-refractivity contribution >= 4 is 17.7 Å². The molecule has 0 amide bonds. The zero-order valence-electron chi connectivity index (χ0n) is 12.2. The molecule has 0 aliphatic heterocycles. The molecular weight excluding hydrogens is 286 g/mol. The maximum absolute atomic E-state index is 11.2. The Bertz CT molecular complexity index is 730. The number of nitro groups is 1. The van der Waals surface area contributed by atoms with Crippen LogP contribution in [-0.4, -0.2) is 17.5 Å². The number of nitro benzene ring substituents is 1. The Morgan fingerprint density at radius 3 is 2.82 bits per heavy atom. The third kappa shape index (κ3) is 3.41. The molecule has 6 nitrogen and oxygen atoms in total. The molecule has 2 aromatic rings. The Hall–Kier alpha value is -2.89. The van der Waals surface area contributed by atoms with Gasteiger partial charge in [0, 0.05) is 23.3 Å². The first-order valence-corrected chi connectivity index (χ1v) is 6.72. The highest BCUT2D eigenvalue weighted by atomic mass is 16.6. The Labute approximate surface area is 127 Å². The van der Waals surface area contributed by atoms with E-state index in [1.165, 1.54) is 18.2 Å². The lowest BCUT2D eigenvalue weighted by Gasteiger charge is -2.03. The van der Waals surface area contributed by atoms with Crippen molar-refractivity contribution in [3.05, 3.63) is 57.8 Å². The summed E-state index contributed by atoms with van der Waals surface area (Å²) in [6, 6.07) is 8.20. The van der Waals surface area contributed by atoms with Gasteiger partial charge >= 0.3 is 5.97 Å². The minimum Gasteiger partial charge on any atom is -0.463 e. The van der Waals surface area contributed by atoms with Crippen LogP contribution in [0.2, 0.25) is 0 Å². The van der Waals surface area contributed by atoms with Crippen LogP contribution >= 0.6 is 0 Å². The molecule has 0 spiro atoms. The second kappa shape index (κ2) is 6.71. The Morgan fingerprint density at radius 2 is 2.14 bits per heavy atom. The van der Waals surface area contributed by atoms with Gasteiger partial charge in [-0.3, -0.25) is 10.1 Å². The summed E-state index contributed by atoms with van der Waals surface area (Å²) in [5.74, 6) is 0.519. The van der Waals surface area contributed by atoms with E-state index in [9.17, 15) is 14.9 Å². The Kier molecular flexibility index (Phi) is 4.73. The minimum absolute atomic E-state index is 0.0394. The molecule has 0 atom stereocenters. The van der Waals surface area contributed by atoms with Crippen molar-refractivity contribution in [2.75, 3.05) is 6.61 Å².